The number of nitrogens with one attached hydrogen (secondary N) is 1. The monoisotopic (exact) mass is 409 g/mol. The van der Waals surface area contributed by atoms with E-state index >= 15 is 0 Å². The van der Waals surface area contributed by atoms with Crippen molar-refractivity contribution in [2.24, 2.45) is 5.92 Å². The van der Waals surface area contributed by atoms with Crippen molar-refractivity contribution in [2.75, 3.05) is 23.3 Å². The van der Waals surface area contributed by atoms with E-state index in [-0.39, 0.29) is 11.8 Å². The average Bonchev–Trinajstić information content (AvgIpc) is 2.77. The Balaban J connectivity index is 1.35. The molecule has 1 fully saturated rings. The van der Waals surface area contributed by atoms with Gasteiger partial charge in [-0.25, -0.2) is 9.97 Å². The molecule has 0 spiro atoms. The van der Waals surface area contributed by atoms with E-state index in [9.17, 15) is 4.79 Å². The van der Waals surface area contributed by atoms with Gasteiger partial charge in [0.25, 0.3) is 0 Å². The molecule has 29 heavy (non-hydrogen) atoms. The van der Waals surface area contributed by atoms with E-state index in [2.05, 4.69) is 25.2 Å². The normalized spacial score (nSPS) is 16.3. The molecule has 7 nitrogen and oxygen atoms in total. The first-order chi connectivity index (χ1) is 14.2. The summed E-state index contributed by atoms with van der Waals surface area (Å²) in [6, 6.07) is 10.6. The van der Waals surface area contributed by atoms with Gasteiger partial charge in [-0.15, -0.1) is 0 Å². The molecular formula is C21H20ClN5O2. The molecule has 1 saturated heterocycles. The quantitative estimate of drug-likeness (QED) is 0.681. The SMILES string of the molecule is O=C(Nc1ccc(Oc2ccc(Cl)cc2)cn1)C1CCCN(c2cnccn2)C1. The predicted octanol–water partition coefficient (Wildman–Crippen LogP) is 4.17. The number of amides is 1. The van der Waals surface area contributed by atoms with Gasteiger partial charge in [0.2, 0.25) is 5.91 Å². The second-order valence-electron chi connectivity index (χ2n) is 6.77. The molecule has 4 rings (SSSR count). The molecule has 8 heteroatoms. The third-order valence-corrected chi connectivity index (χ3v) is 4.95. The van der Waals surface area contributed by atoms with E-state index in [0.29, 0.717) is 28.9 Å². The van der Waals surface area contributed by atoms with Crippen LogP contribution in [-0.4, -0.2) is 33.9 Å². The fraction of sp³-hybridized carbons (Fsp3) is 0.238. The molecule has 2 aromatic heterocycles. The van der Waals surface area contributed by atoms with Crippen molar-refractivity contribution in [1.82, 2.24) is 15.0 Å². The number of hydrogen-bond donors (Lipinski definition) is 1. The maximum atomic E-state index is 12.7. The van der Waals surface area contributed by atoms with Crippen molar-refractivity contribution in [2.45, 2.75) is 12.8 Å². The van der Waals surface area contributed by atoms with Crippen molar-refractivity contribution in [3.63, 3.8) is 0 Å². The van der Waals surface area contributed by atoms with Crippen LogP contribution in [0.1, 0.15) is 12.8 Å². The number of anilines is 2. The van der Waals surface area contributed by atoms with Gasteiger partial charge in [0.05, 0.1) is 18.3 Å². The summed E-state index contributed by atoms with van der Waals surface area (Å²) in [7, 11) is 0. The Hall–Kier alpha value is -3.19. The molecule has 0 saturated carbocycles. The van der Waals surface area contributed by atoms with Gasteiger partial charge in [-0.05, 0) is 49.2 Å². The van der Waals surface area contributed by atoms with Crippen molar-refractivity contribution in [3.8, 4) is 11.5 Å². The molecule has 1 unspecified atom stereocenters. The van der Waals surface area contributed by atoms with Gasteiger partial charge in [-0.2, -0.15) is 0 Å². The van der Waals surface area contributed by atoms with Gasteiger partial charge in [0, 0.05) is 30.5 Å². The number of piperidine rings is 1. The molecule has 0 radical (unpaired) electrons. The third-order valence-electron chi connectivity index (χ3n) is 4.70. The fourth-order valence-corrected chi connectivity index (χ4v) is 3.36. The highest BCUT2D eigenvalue weighted by Gasteiger charge is 2.26. The summed E-state index contributed by atoms with van der Waals surface area (Å²) in [5.41, 5.74) is 0. The van der Waals surface area contributed by atoms with Gasteiger partial charge in [0.15, 0.2) is 0 Å². The van der Waals surface area contributed by atoms with Crippen LogP contribution in [0.5, 0.6) is 11.5 Å². The lowest BCUT2D eigenvalue weighted by Crippen LogP contribution is -2.41. The number of benzene rings is 1. The smallest absolute Gasteiger partial charge is 0.230 e. The number of aromatic nitrogens is 3. The van der Waals surface area contributed by atoms with Crippen LogP contribution in [0.15, 0.2) is 61.2 Å². The van der Waals surface area contributed by atoms with Crippen molar-refractivity contribution >= 4 is 29.1 Å². The Morgan fingerprint density at radius 1 is 1.07 bits per heavy atom. The number of ether oxygens (including phenoxy) is 1. The number of carbonyl (C=O) groups excluding carboxylic acids is 1. The van der Waals surface area contributed by atoms with Crippen LogP contribution in [0.2, 0.25) is 5.02 Å². The Morgan fingerprint density at radius 2 is 1.90 bits per heavy atom. The number of rotatable bonds is 5. The Morgan fingerprint density at radius 3 is 2.62 bits per heavy atom. The average molecular weight is 410 g/mol. The number of pyridine rings is 1. The maximum absolute atomic E-state index is 12.7. The summed E-state index contributed by atoms with van der Waals surface area (Å²) in [5.74, 6) is 2.37. The largest absolute Gasteiger partial charge is 0.456 e. The van der Waals surface area contributed by atoms with Crippen LogP contribution in [0.3, 0.4) is 0 Å². The first kappa shape index (κ1) is 19.1. The molecule has 3 aromatic rings. The van der Waals surface area contributed by atoms with Crippen LogP contribution in [0, 0.1) is 5.92 Å². The van der Waals surface area contributed by atoms with Crippen LogP contribution >= 0.6 is 11.6 Å². The maximum Gasteiger partial charge on any atom is 0.230 e. The molecule has 1 atom stereocenters. The molecule has 1 N–H and O–H groups in total. The zero-order valence-electron chi connectivity index (χ0n) is 15.7. The topological polar surface area (TPSA) is 80.2 Å². The third kappa shape index (κ3) is 5.00. The van der Waals surface area contributed by atoms with E-state index in [1.54, 1.807) is 61.2 Å². The number of nitrogens with zero attached hydrogens (tertiary/aromatic N) is 4. The standard InChI is InChI=1S/C21H20ClN5O2/c22-16-3-5-17(6-4-16)29-18-7-8-19(25-12-18)26-21(28)15-2-1-11-27(14-15)20-13-23-9-10-24-20/h3-10,12-13,15H,1-2,11,14H2,(H,25,26,28). The second-order valence-corrected chi connectivity index (χ2v) is 7.21. The number of halogens is 1. The lowest BCUT2D eigenvalue weighted by Gasteiger charge is -2.32. The molecule has 1 amide bonds. The van der Waals surface area contributed by atoms with E-state index in [0.717, 1.165) is 25.2 Å². The summed E-state index contributed by atoms with van der Waals surface area (Å²) in [5, 5.41) is 3.54. The van der Waals surface area contributed by atoms with E-state index < -0.39 is 0 Å². The summed E-state index contributed by atoms with van der Waals surface area (Å²) < 4.78 is 5.72. The predicted molar refractivity (Wildman–Crippen MR) is 111 cm³/mol. The minimum atomic E-state index is -0.127. The Bertz CT molecular complexity index is 951. The molecule has 1 aliphatic rings. The van der Waals surface area contributed by atoms with E-state index in [1.807, 2.05) is 0 Å². The summed E-state index contributed by atoms with van der Waals surface area (Å²) in [6.07, 6.45) is 8.37. The summed E-state index contributed by atoms with van der Waals surface area (Å²) >= 11 is 5.87. The second kappa shape index (κ2) is 8.87. The molecule has 1 aliphatic heterocycles. The minimum absolute atomic E-state index is 0.0440. The Kier molecular flexibility index (Phi) is 5.86. The molecule has 0 aliphatic carbocycles. The van der Waals surface area contributed by atoms with Crippen LogP contribution in [0.4, 0.5) is 11.6 Å². The molecule has 0 bridgehead atoms. The number of carbonyl (C=O) groups is 1. The van der Waals surface area contributed by atoms with Gasteiger partial charge in [-0.1, -0.05) is 11.6 Å². The lowest BCUT2D eigenvalue weighted by atomic mass is 9.97. The van der Waals surface area contributed by atoms with Gasteiger partial charge >= 0.3 is 0 Å². The molecule has 1 aromatic carbocycles. The first-order valence-corrected chi connectivity index (χ1v) is 9.76. The summed E-state index contributed by atoms with van der Waals surface area (Å²) in [4.78, 5) is 27.5. The van der Waals surface area contributed by atoms with Gasteiger partial charge in [-0.3, -0.25) is 9.78 Å². The molecular weight excluding hydrogens is 390 g/mol. The van der Waals surface area contributed by atoms with E-state index in [4.69, 9.17) is 16.3 Å². The fourth-order valence-electron chi connectivity index (χ4n) is 3.24. The van der Waals surface area contributed by atoms with E-state index in [1.165, 1.54) is 0 Å². The highest BCUT2D eigenvalue weighted by molar-refractivity contribution is 6.30. The zero-order valence-corrected chi connectivity index (χ0v) is 16.4. The van der Waals surface area contributed by atoms with Crippen molar-refractivity contribution < 1.29 is 9.53 Å². The van der Waals surface area contributed by atoms with Gasteiger partial charge < -0.3 is 15.0 Å². The molecule has 148 valence electrons. The van der Waals surface area contributed by atoms with Crippen molar-refractivity contribution in [1.29, 1.82) is 0 Å². The zero-order chi connectivity index (χ0) is 20.1. The highest BCUT2D eigenvalue weighted by Crippen LogP contribution is 2.24. The lowest BCUT2D eigenvalue weighted by molar-refractivity contribution is -0.120. The highest BCUT2D eigenvalue weighted by atomic mass is 35.5. The minimum Gasteiger partial charge on any atom is -0.456 e. The number of hydrogen-bond acceptors (Lipinski definition) is 6. The van der Waals surface area contributed by atoms with Crippen molar-refractivity contribution in [3.05, 3.63) is 66.2 Å². The summed E-state index contributed by atoms with van der Waals surface area (Å²) in [6.45, 7) is 1.49. The van der Waals surface area contributed by atoms with Crippen LogP contribution in [0.25, 0.3) is 0 Å². The van der Waals surface area contributed by atoms with Crippen LogP contribution in [-0.2, 0) is 4.79 Å². The molecule has 3 heterocycles. The first-order valence-electron chi connectivity index (χ1n) is 9.39. The van der Waals surface area contributed by atoms with Crippen LogP contribution < -0.4 is 15.0 Å². The Labute approximate surface area is 173 Å². The van der Waals surface area contributed by atoms with Gasteiger partial charge in [0.1, 0.15) is 23.1 Å².